The van der Waals surface area contributed by atoms with Crippen LogP contribution < -0.4 is 10.6 Å². The summed E-state index contributed by atoms with van der Waals surface area (Å²) in [6.07, 6.45) is 2.17. The number of benzene rings is 1. The van der Waals surface area contributed by atoms with Gasteiger partial charge in [0.15, 0.2) is 0 Å². The first-order chi connectivity index (χ1) is 9.00. The number of piperidine rings is 1. The molecule has 1 amide bonds. The summed E-state index contributed by atoms with van der Waals surface area (Å²) in [7, 11) is 0. The van der Waals surface area contributed by atoms with Crippen molar-refractivity contribution in [3.8, 4) is 0 Å². The zero-order valence-corrected chi connectivity index (χ0v) is 13.5. The number of halogens is 2. The lowest BCUT2D eigenvalue weighted by Gasteiger charge is -2.30. The molecule has 112 valence electrons. The zero-order chi connectivity index (χ0) is 13.9. The van der Waals surface area contributed by atoms with Gasteiger partial charge in [-0.2, -0.15) is 0 Å². The Bertz CT molecular complexity index is 440. The topological polar surface area (TPSA) is 41.1 Å². The molecule has 20 heavy (non-hydrogen) atoms. The van der Waals surface area contributed by atoms with E-state index in [1.807, 2.05) is 38.1 Å². The molecule has 0 aliphatic carbocycles. The second-order valence-electron chi connectivity index (χ2n) is 5.65. The molecular formula is C15H22Cl2N2O. The van der Waals surface area contributed by atoms with E-state index >= 15 is 0 Å². The molecular weight excluding hydrogens is 295 g/mol. The number of rotatable bonds is 3. The van der Waals surface area contributed by atoms with Crippen molar-refractivity contribution in [2.45, 2.75) is 38.1 Å². The third kappa shape index (κ3) is 4.11. The summed E-state index contributed by atoms with van der Waals surface area (Å²) >= 11 is 5.89. The van der Waals surface area contributed by atoms with Crippen molar-refractivity contribution in [1.29, 1.82) is 0 Å². The van der Waals surface area contributed by atoms with Crippen LogP contribution in [-0.4, -0.2) is 25.0 Å². The van der Waals surface area contributed by atoms with Gasteiger partial charge >= 0.3 is 0 Å². The minimum atomic E-state index is -0.540. The maximum Gasteiger partial charge on any atom is 0.230 e. The maximum absolute atomic E-state index is 12.4. The van der Waals surface area contributed by atoms with E-state index in [4.69, 9.17) is 11.6 Å². The Morgan fingerprint density at radius 3 is 2.55 bits per heavy atom. The van der Waals surface area contributed by atoms with E-state index in [9.17, 15) is 4.79 Å². The zero-order valence-electron chi connectivity index (χ0n) is 11.9. The molecule has 1 fully saturated rings. The standard InChI is InChI=1S/C15H21ClN2O.ClH/c1-15(2,11-5-7-12(16)8-6-11)14(19)18-13-4-3-9-17-10-13;/h5-8,13,17H,3-4,9-10H2,1-2H3,(H,18,19);1H/t13-;/m0./s1. The number of hydrogen-bond donors (Lipinski definition) is 2. The molecule has 0 radical (unpaired) electrons. The third-order valence-electron chi connectivity index (χ3n) is 3.77. The van der Waals surface area contributed by atoms with E-state index in [0.717, 1.165) is 31.5 Å². The summed E-state index contributed by atoms with van der Waals surface area (Å²) in [5.74, 6) is 0.0727. The van der Waals surface area contributed by atoms with E-state index in [2.05, 4.69) is 10.6 Å². The van der Waals surface area contributed by atoms with Crippen molar-refractivity contribution in [3.05, 3.63) is 34.9 Å². The minimum absolute atomic E-state index is 0. The fourth-order valence-electron chi connectivity index (χ4n) is 2.34. The van der Waals surface area contributed by atoms with Gasteiger partial charge < -0.3 is 10.6 Å². The first kappa shape index (κ1) is 17.3. The lowest BCUT2D eigenvalue weighted by atomic mass is 9.83. The number of amides is 1. The molecule has 5 heteroatoms. The highest BCUT2D eigenvalue weighted by Gasteiger charge is 2.31. The molecule has 2 N–H and O–H groups in total. The first-order valence-electron chi connectivity index (χ1n) is 6.78. The van der Waals surface area contributed by atoms with Crippen LogP contribution in [0.4, 0.5) is 0 Å². The van der Waals surface area contributed by atoms with Gasteiger partial charge in [-0.3, -0.25) is 4.79 Å². The summed E-state index contributed by atoms with van der Waals surface area (Å²) in [4.78, 5) is 12.4. The predicted octanol–water partition coefficient (Wildman–Crippen LogP) is 2.91. The normalized spacial score (nSPS) is 19.1. The number of carbonyl (C=O) groups excluding carboxylic acids is 1. The lowest BCUT2D eigenvalue weighted by molar-refractivity contribution is -0.126. The van der Waals surface area contributed by atoms with Gasteiger partial charge in [0.2, 0.25) is 5.91 Å². The van der Waals surface area contributed by atoms with E-state index in [-0.39, 0.29) is 24.4 Å². The van der Waals surface area contributed by atoms with Crippen LogP contribution in [0, 0.1) is 0 Å². The lowest BCUT2D eigenvalue weighted by Crippen LogP contribution is -2.50. The van der Waals surface area contributed by atoms with E-state index in [1.54, 1.807) is 0 Å². The van der Waals surface area contributed by atoms with Gasteiger partial charge in [-0.05, 0) is 50.9 Å². The van der Waals surface area contributed by atoms with Gasteiger partial charge in [0, 0.05) is 17.6 Å². The average Bonchev–Trinajstić information content (AvgIpc) is 2.40. The smallest absolute Gasteiger partial charge is 0.230 e. The van der Waals surface area contributed by atoms with Crippen LogP contribution in [0.5, 0.6) is 0 Å². The molecule has 1 aromatic rings. The Balaban J connectivity index is 0.00000200. The molecule has 1 aromatic carbocycles. The summed E-state index contributed by atoms with van der Waals surface area (Å²) < 4.78 is 0. The Kier molecular flexibility index (Phi) is 6.31. The van der Waals surface area contributed by atoms with E-state index < -0.39 is 5.41 Å². The van der Waals surface area contributed by atoms with Crippen molar-refractivity contribution in [1.82, 2.24) is 10.6 Å². The molecule has 2 rings (SSSR count). The Morgan fingerprint density at radius 2 is 2.00 bits per heavy atom. The Hall–Kier alpha value is -0.770. The monoisotopic (exact) mass is 316 g/mol. The van der Waals surface area contributed by atoms with Crippen LogP contribution in [-0.2, 0) is 10.2 Å². The first-order valence-corrected chi connectivity index (χ1v) is 7.15. The van der Waals surface area contributed by atoms with Crippen molar-refractivity contribution < 1.29 is 4.79 Å². The van der Waals surface area contributed by atoms with Crippen molar-refractivity contribution in [3.63, 3.8) is 0 Å². The van der Waals surface area contributed by atoms with Crippen LogP contribution in [0.25, 0.3) is 0 Å². The number of carbonyl (C=O) groups is 1. The van der Waals surface area contributed by atoms with Gasteiger partial charge in [-0.25, -0.2) is 0 Å². The Morgan fingerprint density at radius 1 is 1.35 bits per heavy atom. The number of hydrogen-bond acceptors (Lipinski definition) is 2. The van der Waals surface area contributed by atoms with Gasteiger partial charge in [0.25, 0.3) is 0 Å². The Labute approximate surface area is 131 Å². The summed E-state index contributed by atoms with van der Waals surface area (Å²) in [5.41, 5.74) is 0.445. The molecule has 1 atom stereocenters. The number of nitrogens with one attached hydrogen (secondary N) is 2. The molecule has 0 bridgehead atoms. The molecule has 0 saturated carbocycles. The van der Waals surface area contributed by atoms with Crippen LogP contribution >= 0.6 is 24.0 Å². The molecule has 1 heterocycles. The molecule has 1 aliphatic heterocycles. The highest BCUT2D eigenvalue weighted by atomic mass is 35.5. The van der Waals surface area contributed by atoms with Gasteiger partial charge in [0.1, 0.15) is 0 Å². The van der Waals surface area contributed by atoms with E-state index in [1.165, 1.54) is 0 Å². The molecule has 0 spiro atoms. The molecule has 0 aromatic heterocycles. The van der Waals surface area contributed by atoms with Crippen LogP contribution in [0.2, 0.25) is 5.02 Å². The third-order valence-corrected chi connectivity index (χ3v) is 4.02. The predicted molar refractivity (Wildman–Crippen MR) is 85.8 cm³/mol. The van der Waals surface area contributed by atoms with Crippen LogP contribution in [0.3, 0.4) is 0 Å². The van der Waals surface area contributed by atoms with Gasteiger partial charge in [-0.1, -0.05) is 23.7 Å². The van der Waals surface area contributed by atoms with Crippen molar-refractivity contribution in [2.24, 2.45) is 0 Å². The fourth-order valence-corrected chi connectivity index (χ4v) is 2.46. The average molecular weight is 317 g/mol. The second-order valence-corrected chi connectivity index (χ2v) is 6.09. The molecule has 1 saturated heterocycles. The fraction of sp³-hybridized carbons (Fsp3) is 0.533. The van der Waals surface area contributed by atoms with Crippen LogP contribution in [0.15, 0.2) is 24.3 Å². The summed E-state index contributed by atoms with van der Waals surface area (Å²) in [6, 6.07) is 7.73. The van der Waals surface area contributed by atoms with Crippen molar-refractivity contribution in [2.75, 3.05) is 13.1 Å². The SMILES string of the molecule is CC(C)(C(=O)N[C@H]1CCCNC1)c1ccc(Cl)cc1.Cl. The second kappa shape index (κ2) is 7.30. The highest BCUT2D eigenvalue weighted by molar-refractivity contribution is 6.30. The van der Waals surface area contributed by atoms with Gasteiger partial charge in [-0.15, -0.1) is 12.4 Å². The van der Waals surface area contributed by atoms with Crippen LogP contribution in [0.1, 0.15) is 32.3 Å². The minimum Gasteiger partial charge on any atom is -0.351 e. The maximum atomic E-state index is 12.4. The van der Waals surface area contributed by atoms with Crippen molar-refractivity contribution >= 4 is 29.9 Å². The largest absolute Gasteiger partial charge is 0.351 e. The molecule has 1 aliphatic rings. The highest BCUT2D eigenvalue weighted by Crippen LogP contribution is 2.25. The molecule has 3 nitrogen and oxygen atoms in total. The van der Waals surface area contributed by atoms with Gasteiger partial charge in [0.05, 0.1) is 5.41 Å². The van der Waals surface area contributed by atoms with E-state index in [0.29, 0.717) is 5.02 Å². The summed E-state index contributed by atoms with van der Waals surface area (Å²) in [6.45, 7) is 5.80. The quantitative estimate of drug-likeness (QED) is 0.900. The summed E-state index contributed by atoms with van der Waals surface area (Å²) in [5, 5.41) is 7.14. The molecule has 0 unspecified atom stereocenters.